The van der Waals surface area contributed by atoms with Crippen LogP contribution in [0, 0.1) is 6.92 Å². The zero-order chi connectivity index (χ0) is 9.26. The largest absolute Gasteiger partial charge is 0.304 e. The number of halogens is 1. The van der Waals surface area contributed by atoms with Crippen molar-refractivity contribution in [3.05, 3.63) is 47.0 Å². The van der Waals surface area contributed by atoms with Crippen LogP contribution >= 0.6 is 15.9 Å². The van der Waals surface area contributed by atoms with Crippen molar-refractivity contribution in [3.8, 4) is 5.69 Å². The molecule has 2 aromatic rings. The zero-order valence-corrected chi connectivity index (χ0v) is 8.82. The third-order valence-corrected chi connectivity index (χ3v) is 2.40. The van der Waals surface area contributed by atoms with Gasteiger partial charge >= 0.3 is 0 Å². The highest BCUT2D eigenvalue weighted by Gasteiger charge is 1.99. The van der Waals surface area contributed by atoms with E-state index in [1.807, 2.05) is 36.1 Å². The molecule has 0 aliphatic carbocycles. The molecule has 13 heavy (non-hydrogen) atoms. The fraction of sp³-hybridized carbons (Fsp3) is 0.100. The predicted octanol–water partition coefficient (Wildman–Crippen LogP) is 2.94. The fourth-order valence-corrected chi connectivity index (χ4v) is 1.64. The van der Waals surface area contributed by atoms with Crippen LogP contribution in [0.2, 0.25) is 0 Å². The van der Waals surface area contributed by atoms with E-state index in [2.05, 4.69) is 33.0 Å². The van der Waals surface area contributed by atoms with Gasteiger partial charge in [-0.1, -0.05) is 22.0 Å². The lowest BCUT2D eigenvalue weighted by atomic mass is 10.3. The molecule has 0 aliphatic heterocycles. The summed E-state index contributed by atoms with van der Waals surface area (Å²) in [5.41, 5.74) is 2.27. The third-order valence-electron chi connectivity index (χ3n) is 1.91. The molecule has 0 radical (unpaired) electrons. The van der Waals surface area contributed by atoms with Gasteiger partial charge in [0.1, 0.15) is 0 Å². The van der Waals surface area contributed by atoms with Gasteiger partial charge < -0.3 is 4.57 Å². The van der Waals surface area contributed by atoms with Gasteiger partial charge in [-0.05, 0) is 25.1 Å². The van der Waals surface area contributed by atoms with E-state index in [4.69, 9.17) is 0 Å². The van der Waals surface area contributed by atoms with Crippen molar-refractivity contribution < 1.29 is 0 Å². The molecule has 0 saturated heterocycles. The van der Waals surface area contributed by atoms with E-state index in [1.54, 1.807) is 0 Å². The van der Waals surface area contributed by atoms with Crippen molar-refractivity contribution >= 4 is 15.9 Å². The quantitative estimate of drug-likeness (QED) is 0.745. The molecule has 0 spiro atoms. The average molecular weight is 237 g/mol. The number of nitrogens with zero attached hydrogens (tertiary/aromatic N) is 2. The summed E-state index contributed by atoms with van der Waals surface area (Å²) in [5, 5.41) is 0. The van der Waals surface area contributed by atoms with Gasteiger partial charge in [0.25, 0.3) is 0 Å². The van der Waals surface area contributed by atoms with Gasteiger partial charge in [0.05, 0.1) is 6.33 Å². The number of hydrogen-bond donors (Lipinski definition) is 0. The molecule has 0 fully saturated rings. The molecule has 0 N–H and O–H groups in total. The van der Waals surface area contributed by atoms with Crippen LogP contribution in [0.4, 0.5) is 0 Å². The second-order valence-electron chi connectivity index (χ2n) is 2.88. The Kier molecular flexibility index (Phi) is 2.19. The topological polar surface area (TPSA) is 17.8 Å². The lowest BCUT2D eigenvalue weighted by Gasteiger charge is -2.04. The summed E-state index contributed by atoms with van der Waals surface area (Å²) in [4.78, 5) is 4.08. The molecule has 3 heteroatoms. The van der Waals surface area contributed by atoms with E-state index in [0.717, 1.165) is 15.9 Å². The lowest BCUT2D eigenvalue weighted by molar-refractivity contribution is 1.00. The summed E-state index contributed by atoms with van der Waals surface area (Å²) in [6.45, 7) is 2.04. The molecule has 0 amide bonds. The maximum absolute atomic E-state index is 4.08. The smallest absolute Gasteiger partial charge is 0.0994 e. The predicted molar refractivity (Wildman–Crippen MR) is 56.0 cm³/mol. The molecule has 1 heterocycles. The monoisotopic (exact) mass is 236 g/mol. The van der Waals surface area contributed by atoms with Gasteiger partial charge in [-0.15, -0.1) is 0 Å². The first kappa shape index (κ1) is 8.51. The lowest BCUT2D eigenvalue weighted by Crippen LogP contribution is -1.93. The minimum atomic E-state index is 1.08. The second-order valence-corrected chi connectivity index (χ2v) is 3.80. The normalized spacial score (nSPS) is 10.3. The standard InChI is InChI=1S/C10H9BrN2/c1-8-6-12-7-13(8)10-4-2-3-9(11)5-10/h2-7H,1H3. The summed E-state index contributed by atoms with van der Waals surface area (Å²) >= 11 is 3.44. The number of rotatable bonds is 1. The first-order valence-corrected chi connectivity index (χ1v) is 4.81. The van der Waals surface area contributed by atoms with Crippen LogP contribution < -0.4 is 0 Å². The van der Waals surface area contributed by atoms with Gasteiger partial charge in [0, 0.05) is 22.1 Å². The van der Waals surface area contributed by atoms with Crippen LogP contribution in [0.5, 0.6) is 0 Å². The highest BCUT2D eigenvalue weighted by atomic mass is 79.9. The van der Waals surface area contributed by atoms with E-state index in [1.165, 1.54) is 0 Å². The van der Waals surface area contributed by atoms with Crippen LogP contribution in [0.25, 0.3) is 5.69 Å². The molecule has 2 rings (SSSR count). The van der Waals surface area contributed by atoms with Crippen LogP contribution in [-0.2, 0) is 0 Å². The molecule has 0 unspecified atom stereocenters. The molecule has 1 aromatic heterocycles. The van der Waals surface area contributed by atoms with Crippen molar-refractivity contribution in [2.24, 2.45) is 0 Å². The molecular formula is C10H9BrN2. The highest BCUT2D eigenvalue weighted by molar-refractivity contribution is 9.10. The number of imidazole rings is 1. The number of aromatic nitrogens is 2. The summed E-state index contributed by atoms with van der Waals surface area (Å²) in [6.07, 6.45) is 3.66. The summed E-state index contributed by atoms with van der Waals surface area (Å²) < 4.78 is 3.13. The Hall–Kier alpha value is -1.09. The molecule has 0 bridgehead atoms. The minimum absolute atomic E-state index is 1.08. The van der Waals surface area contributed by atoms with E-state index >= 15 is 0 Å². The van der Waals surface area contributed by atoms with Crippen molar-refractivity contribution in [2.75, 3.05) is 0 Å². The SMILES string of the molecule is Cc1cncn1-c1cccc(Br)c1. The fourth-order valence-electron chi connectivity index (χ4n) is 1.26. The Morgan fingerprint density at radius 1 is 1.38 bits per heavy atom. The third kappa shape index (κ3) is 1.65. The van der Waals surface area contributed by atoms with Crippen molar-refractivity contribution in [1.29, 1.82) is 0 Å². The van der Waals surface area contributed by atoms with Gasteiger partial charge in [-0.3, -0.25) is 0 Å². The maximum atomic E-state index is 4.08. The number of hydrogen-bond acceptors (Lipinski definition) is 1. The minimum Gasteiger partial charge on any atom is -0.304 e. The van der Waals surface area contributed by atoms with Crippen molar-refractivity contribution in [3.63, 3.8) is 0 Å². The van der Waals surface area contributed by atoms with E-state index in [0.29, 0.717) is 0 Å². The Bertz CT molecular complexity index is 420. The van der Waals surface area contributed by atoms with Crippen LogP contribution in [-0.4, -0.2) is 9.55 Å². The molecule has 0 aliphatic rings. The number of benzene rings is 1. The second kappa shape index (κ2) is 3.34. The molecule has 2 nitrogen and oxygen atoms in total. The number of aryl methyl sites for hydroxylation is 1. The Morgan fingerprint density at radius 2 is 2.23 bits per heavy atom. The summed E-state index contributed by atoms with van der Waals surface area (Å²) in [5.74, 6) is 0. The average Bonchev–Trinajstić information content (AvgIpc) is 2.51. The van der Waals surface area contributed by atoms with E-state index < -0.39 is 0 Å². The highest BCUT2D eigenvalue weighted by Crippen LogP contribution is 2.16. The maximum Gasteiger partial charge on any atom is 0.0994 e. The van der Waals surface area contributed by atoms with Gasteiger partial charge in [0.15, 0.2) is 0 Å². The van der Waals surface area contributed by atoms with Crippen LogP contribution in [0.15, 0.2) is 41.3 Å². The van der Waals surface area contributed by atoms with Gasteiger partial charge in [-0.2, -0.15) is 0 Å². The Morgan fingerprint density at radius 3 is 2.85 bits per heavy atom. The van der Waals surface area contributed by atoms with Crippen LogP contribution in [0.1, 0.15) is 5.69 Å². The van der Waals surface area contributed by atoms with Crippen molar-refractivity contribution in [1.82, 2.24) is 9.55 Å². The van der Waals surface area contributed by atoms with Gasteiger partial charge in [0.2, 0.25) is 0 Å². The summed E-state index contributed by atoms with van der Waals surface area (Å²) in [6, 6.07) is 8.14. The van der Waals surface area contributed by atoms with E-state index in [9.17, 15) is 0 Å². The first-order valence-electron chi connectivity index (χ1n) is 4.02. The molecule has 0 atom stereocenters. The first-order chi connectivity index (χ1) is 6.27. The van der Waals surface area contributed by atoms with Crippen LogP contribution in [0.3, 0.4) is 0 Å². The molecule has 66 valence electrons. The Balaban J connectivity index is 2.53. The van der Waals surface area contributed by atoms with Gasteiger partial charge in [-0.25, -0.2) is 4.98 Å². The molecule has 0 saturated carbocycles. The zero-order valence-electron chi connectivity index (χ0n) is 7.24. The Labute approximate surface area is 85.4 Å². The molecular weight excluding hydrogens is 228 g/mol. The summed E-state index contributed by atoms with van der Waals surface area (Å²) in [7, 11) is 0. The van der Waals surface area contributed by atoms with E-state index in [-0.39, 0.29) is 0 Å². The van der Waals surface area contributed by atoms with Crippen molar-refractivity contribution in [2.45, 2.75) is 6.92 Å². The molecule has 1 aromatic carbocycles.